The van der Waals surface area contributed by atoms with Crippen molar-refractivity contribution >= 4 is 55.6 Å². The molecule has 11 nitrogen and oxygen atoms in total. The van der Waals surface area contributed by atoms with Crippen LogP contribution in [0.15, 0.2) is 131 Å². The third kappa shape index (κ3) is 9.04. The van der Waals surface area contributed by atoms with Crippen molar-refractivity contribution in [2.24, 2.45) is 0 Å². The Hall–Kier alpha value is -5.71. The molecule has 0 spiro atoms. The molecule has 0 atom stereocenters. The van der Waals surface area contributed by atoms with Gasteiger partial charge in [0.2, 0.25) is 0 Å². The van der Waals surface area contributed by atoms with E-state index in [-0.39, 0.29) is 22.1 Å². The van der Waals surface area contributed by atoms with Crippen LogP contribution in [0.1, 0.15) is 11.1 Å². The molecule has 16 heteroatoms. The summed E-state index contributed by atoms with van der Waals surface area (Å²) < 4.78 is 68.9. The monoisotopic (exact) mass is 799 g/mol. The zero-order chi connectivity index (χ0) is 39.3. The number of nitrogens with one attached hydrogen (secondary N) is 2. The highest BCUT2D eigenvalue weighted by atomic mass is 32.2. The van der Waals surface area contributed by atoms with Crippen LogP contribution in [0.3, 0.4) is 0 Å². The molecule has 56 heavy (non-hydrogen) atoms. The molecular formula is C40H36F3N7O4S2. The molecule has 0 aliphatic carbocycles. The number of alkyl halides is 3. The average molecular weight is 800 g/mol. The number of thioether (sulfide) groups is 1. The van der Waals surface area contributed by atoms with E-state index in [9.17, 15) is 31.7 Å². The quantitative estimate of drug-likeness (QED) is 0.0507. The van der Waals surface area contributed by atoms with Crippen LogP contribution >= 0.6 is 11.8 Å². The largest absolute Gasteiger partial charge is 0.416 e. The molecule has 0 bridgehead atoms. The molecule has 2 N–H and O–H groups in total. The maximum absolute atomic E-state index is 13.5. The van der Waals surface area contributed by atoms with Gasteiger partial charge in [-0.15, -0.1) is 11.8 Å². The average Bonchev–Trinajstić information content (AvgIpc) is 3.20. The van der Waals surface area contributed by atoms with Gasteiger partial charge in [-0.05, 0) is 71.3 Å². The van der Waals surface area contributed by atoms with Crippen LogP contribution in [0, 0.1) is 10.1 Å². The predicted octanol–water partition coefficient (Wildman–Crippen LogP) is 8.55. The Morgan fingerprint density at radius 2 is 1.57 bits per heavy atom. The van der Waals surface area contributed by atoms with Crippen LogP contribution in [0.4, 0.5) is 36.1 Å². The lowest BCUT2D eigenvalue weighted by Gasteiger charge is -2.36. The summed E-state index contributed by atoms with van der Waals surface area (Å²) in [5, 5.41) is 15.4. The molecule has 5 aromatic carbocycles. The maximum atomic E-state index is 13.5. The van der Waals surface area contributed by atoms with Gasteiger partial charge in [-0.25, -0.2) is 18.4 Å². The summed E-state index contributed by atoms with van der Waals surface area (Å²) in [5.74, 6) is 0.689. The predicted molar refractivity (Wildman–Crippen MR) is 213 cm³/mol. The number of aromatic nitrogens is 2. The summed E-state index contributed by atoms with van der Waals surface area (Å²) >= 11 is 1.59. The van der Waals surface area contributed by atoms with Crippen molar-refractivity contribution in [2.75, 3.05) is 53.4 Å². The molecule has 1 saturated heterocycles. The van der Waals surface area contributed by atoms with Crippen LogP contribution < -0.4 is 14.9 Å². The third-order valence-corrected chi connectivity index (χ3v) is 11.8. The van der Waals surface area contributed by atoms with Gasteiger partial charge in [0.15, 0.2) is 5.82 Å². The Labute approximate surface area is 325 Å². The second-order valence-electron chi connectivity index (χ2n) is 13.0. The van der Waals surface area contributed by atoms with Gasteiger partial charge in [0, 0.05) is 67.1 Å². The number of fused-ring (bicyclic) bond motifs is 1. The lowest BCUT2D eigenvalue weighted by Crippen LogP contribution is -2.46. The van der Waals surface area contributed by atoms with E-state index in [2.05, 4.69) is 29.8 Å². The highest BCUT2D eigenvalue weighted by molar-refractivity contribution is 7.99. The number of hydrogen-bond acceptors (Lipinski definition) is 10. The van der Waals surface area contributed by atoms with Crippen LogP contribution in [-0.2, 0) is 22.7 Å². The van der Waals surface area contributed by atoms with Crippen LogP contribution in [-0.4, -0.2) is 66.7 Å². The number of rotatable bonds is 13. The Bertz CT molecular complexity index is 2450. The fourth-order valence-electron chi connectivity index (χ4n) is 6.54. The first-order valence-electron chi connectivity index (χ1n) is 17.7. The van der Waals surface area contributed by atoms with E-state index >= 15 is 0 Å². The number of anilines is 3. The first-order chi connectivity index (χ1) is 26.9. The van der Waals surface area contributed by atoms with E-state index in [0.717, 1.165) is 58.6 Å². The van der Waals surface area contributed by atoms with Gasteiger partial charge >= 0.3 is 6.18 Å². The van der Waals surface area contributed by atoms with Crippen molar-refractivity contribution in [3.8, 4) is 11.1 Å². The molecule has 1 aliphatic rings. The summed E-state index contributed by atoms with van der Waals surface area (Å²) in [4.78, 5) is 25.2. The Morgan fingerprint density at radius 3 is 2.30 bits per heavy atom. The SMILES string of the molecule is O=[N+]([O-])c1cc(S(=O)(=O)Nc2ncnc3cc(N4CCN(Cc5ccccc5-c5ccc(C(F)(F)F)cc5)CC4)ccc23)ccc1NCCSc1ccccc1. The molecule has 0 radical (unpaired) electrons. The standard InChI is InChI=1S/C40H36F3N7O4S2/c41-40(42,43)30-12-10-28(11-13-30)34-9-5-4-6-29(34)26-48-19-21-49(22-20-48)31-14-16-35-37(24-31)45-27-46-39(35)47-56(53,54)33-15-17-36(38(25-33)50(51)52)44-18-23-55-32-7-2-1-3-8-32/h1-17,24-25,27,44H,18-23,26H2,(H,45,46,47). The van der Waals surface area contributed by atoms with Crippen LogP contribution in [0.2, 0.25) is 0 Å². The molecule has 0 amide bonds. The number of halogens is 3. The molecule has 1 aromatic heterocycles. The van der Waals surface area contributed by atoms with Crippen molar-refractivity contribution in [3.05, 3.63) is 143 Å². The number of piperazine rings is 1. The lowest BCUT2D eigenvalue weighted by molar-refractivity contribution is -0.384. The van der Waals surface area contributed by atoms with Gasteiger partial charge in [-0.3, -0.25) is 19.7 Å². The fourth-order valence-corrected chi connectivity index (χ4v) is 8.38. The maximum Gasteiger partial charge on any atom is 0.416 e. The van der Waals surface area contributed by atoms with Gasteiger partial charge in [0.1, 0.15) is 12.0 Å². The first-order valence-corrected chi connectivity index (χ1v) is 20.1. The zero-order valence-electron chi connectivity index (χ0n) is 29.8. The van der Waals surface area contributed by atoms with Crippen molar-refractivity contribution in [1.82, 2.24) is 14.9 Å². The Balaban J connectivity index is 0.991. The van der Waals surface area contributed by atoms with Gasteiger partial charge in [-0.2, -0.15) is 13.2 Å². The minimum Gasteiger partial charge on any atom is -0.379 e. The lowest BCUT2D eigenvalue weighted by atomic mass is 9.98. The molecule has 1 fully saturated rings. The van der Waals surface area contributed by atoms with Gasteiger partial charge < -0.3 is 10.2 Å². The number of hydrogen-bond donors (Lipinski definition) is 2. The molecular weight excluding hydrogens is 764 g/mol. The molecule has 6 aromatic rings. The second-order valence-corrected chi connectivity index (χ2v) is 15.9. The number of nitro groups is 1. The fraction of sp³-hybridized carbons (Fsp3) is 0.200. The second kappa shape index (κ2) is 16.6. The minimum atomic E-state index is -4.39. The van der Waals surface area contributed by atoms with E-state index in [1.54, 1.807) is 17.8 Å². The summed E-state index contributed by atoms with van der Waals surface area (Å²) in [7, 11) is -4.27. The van der Waals surface area contributed by atoms with Crippen molar-refractivity contribution < 1.29 is 26.5 Å². The van der Waals surface area contributed by atoms with Crippen molar-refractivity contribution in [1.29, 1.82) is 0 Å². The van der Waals surface area contributed by atoms with E-state index < -0.39 is 26.7 Å². The van der Waals surface area contributed by atoms with E-state index in [0.29, 0.717) is 42.8 Å². The normalized spacial score (nSPS) is 13.8. The molecule has 1 aliphatic heterocycles. The van der Waals surface area contributed by atoms with Gasteiger partial charge in [0.25, 0.3) is 15.7 Å². The van der Waals surface area contributed by atoms with E-state index in [1.807, 2.05) is 66.7 Å². The number of nitrogens with zero attached hydrogens (tertiary/aromatic N) is 5. The highest BCUT2D eigenvalue weighted by Crippen LogP contribution is 2.34. The summed E-state index contributed by atoms with van der Waals surface area (Å²) in [6, 6.07) is 31.9. The number of sulfonamides is 1. The van der Waals surface area contributed by atoms with Crippen LogP contribution in [0.25, 0.3) is 22.0 Å². The smallest absolute Gasteiger partial charge is 0.379 e. The van der Waals surface area contributed by atoms with Gasteiger partial charge in [0.05, 0.1) is 20.9 Å². The molecule has 7 rings (SSSR count). The molecule has 288 valence electrons. The van der Waals surface area contributed by atoms with Crippen molar-refractivity contribution in [2.45, 2.75) is 22.5 Å². The molecule has 0 saturated carbocycles. The van der Waals surface area contributed by atoms with Crippen LogP contribution in [0.5, 0.6) is 0 Å². The van der Waals surface area contributed by atoms with E-state index in [1.165, 1.54) is 30.6 Å². The Kier molecular flexibility index (Phi) is 11.4. The molecule has 0 unspecified atom stereocenters. The Morgan fingerprint density at radius 1 is 0.839 bits per heavy atom. The summed E-state index contributed by atoms with van der Waals surface area (Å²) in [6.07, 6.45) is -3.13. The van der Waals surface area contributed by atoms with E-state index in [4.69, 9.17) is 0 Å². The molecule has 2 heterocycles. The van der Waals surface area contributed by atoms with Gasteiger partial charge in [-0.1, -0.05) is 54.6 Å². The topological polar surface area (TPSA) is 134 Å². The highest BCUT2D eigenvalue weighted by Gasteiger charge is 2.30. The summed E-state index contributed by atoms with van der Waals surface area (Å²) in [5.41, 5.74) is 3.22. The number of nitro benzene ring substituents is 1. The minimum absolute atomic E-state index is 0.0425. The van der Waals surface area contributed by atoms with Crippen molar-refractivity contribution in [3.63, 3.8) is 0 Å². The zero-order valence-corrected chi connectivity index (χ0v) is 31.4. The first kappa shape index (κ1) is 38.6. The third-order valence-electron chi connectivity index (χ3n) is 9.43. The number of benzene rings is 5. The summed E-state index contributed by atoms with van der Waals surface area (Å²) in [6.45, 7) is 3.94.